The molecule has 2 rings (SSSR count). The number of rotatable bonds is 5. The van der Waals surface area contributed by atoms with Crippen molar-refractivity contribution in [1.82, 2.24) is 0 Å². The van der Waals surface area contributed by atoms with E-state index in [2.05, 4.69) is 49.6 Å². The van der Waals surface area contributed by atoms with E-state index in [-0.39, 0.29) is 6.04 Å². The molecule has 2 N–H and O–H groups in total. The first-order valence-electron chi connectivity index (χ1n) is 6.48. The molecule has 0 saturated carbocycles. The van der Waals surface area contributed by atoms with Gasteiger partial charge in [-0.15, -0.1) is 11.3 Å². The number of hydrogen-bond donors (Lipinski definition) is 1. The fourth-order valence-corrected chi connectivity index (χ4v) is 3.10. The summed E-state index contributed by atoms with van der Waals surface area (Å²) in [7, 11) is 0. The van der Waals surface area contributed by atoms with Gasteiger partial charge in [-0.3, -0.25) is 0 Å². The molecule has 1 aromatic carbocycles. The predicted octanol–water partition coefficient (Wildman–Crippen LogP) is 3.87. The third-order valence-electron chi connectivity index (χ3n) is 3.12. The maximum atomic E-state index is 6.23. The highest BCUT2D eigenvalue weighted by atomic mass is 32.1. The van der Waals surface area contributed by atoms with Gasteiger partial charge in [-0.25, -0.2) is 0 Å². The zero-order chi connectivity index (χ0) is 13.0. The molecule has 0 aliphatic heterocycles. The molecule has 0 spiro atoms. The standard InChI is InChI=1S/C16H21NS/c1-12-8-13(2)10-14(9-12)11-15(17)5-6-16-4-3-7-18-16/h3-4,7-10,15H,5-6,11,17H2,1-2H3. The molecule has 0 aliphatic carbocycles. The van der Waals surface area contributed by atoms with E-state index in [4.69, 9.17) is 5.73 Å². The highest BCUT2D eigenvalue weighted by Crippen LogP contribution is 2.15. The summed E-state index contributed by atoms with van der Waals surface area (Å²) in [6.07, 6.45) is 3.14. The zero-order valence-corrected chi connectivity index (χ0v) is 12.0. The van der Waals surface area contributed by atoms with Gasteiger partial charge in [-0.05, 0) is 50.1 Å². The molecule has 1 nitrogen and oxygen atoms in total. The van der Waals surface area contributed by atoms with Gasteiger partial charge in [-0.1, -0.05) is 35.4 Å². The molecular weight excluding hydrogens is 238 g/mol. The van der Waals surface area contributed by atoms with Gasteiger partial charge in [0.2, 0.25) is 0 Å². The summed E-state index contributed by atoms with van der Waals surface area (Å²) in [5, 5.41) is 2.13. The smallest absolute Gasteiger partial charge is 0.00827 e. The summed E-state index contributed by atoms with van der Waals surface area (Å²) in [6, 6.07) is 11.3. The second-order valence-electron chi connectivity index (χ2n) is 5.08. The van der Waals surface area contributed by atoms with Crippen LogP contribution in [0.3, 0.4) is 0 Å². The molecule has 1 unspecified atom stereocenters. The normalized spacial score (nSPS) is 12.6. The van der Waals surface area contributed by atoms with E-state index < -0.39 is 0 Å². The zero-order valence-electron chi connectivity index (χ0n) is 11.1. The van der Waals surface area contributed by atoms with Crippen LogP contribution in [-0.4, -0.2) is 6.04 Å². The van der Waals surface area contributed by atoms with Crippen molar-refractivity contribution in [1.29, 1.82) is 0 Å². The second-order valence-corrected chi connectivity index (χ2v) is 6.11. The molecule has 0 bridgehead atoms. The lowest BCUT2D eigenvalue weighted by atomic mass is 9.99. The third kappa shape index (κ3) is 3.97. The fraction of sp³-hybridized carbons (Fsp3) is 0.375. The number of aryl methyl sites for hydroxylation is 3. The van der Waals surface area contributed by atoms with Crippen LogP contribution in [-0.2, 0) is 12.8 Å². The average Bonchev–Trinajstić information content (AvgIpc) is 2.77. The first-order valence-corrected chi connectivity index (χ1v) is 7.36. The molecule has 0 radical (unpaired) electrons. The molecule has 0 aliphatic rings. The van der Waals surface area contributed by atoms with E-state index in [1.54, 1.807) is 0 Å². The van der Waals surface area contributed by atoms with Crippen molar-refractivity contribution < 1.29 is 0 Å². The predicted molar refractivity (Wildman–Crippen MR) is 80.2 cm³/mol. The maximum absolute atomic E-state index is 6.23. The quantitative estimate of drug-likeness (QED) is 0.866. The molecule has 0 saturated heterocycles. The van der Waals surface area contributed by atoms with Gasteiger partial charge >= 0.3 is 0 Å². The molecule has 18 heavy (non-hydrogen) atoms. The van der Waals surface area contributed by atoms with E-state index in [1.807, 2.05) is 11.3 Å². The Hall–Kier alpha value is -1.12. The summed E-state index contributed by atoms with van der Waals surface area (Å²) < 4.78 is 0. The Balaban J connectivity index is 1.88. The van der Waals surface area contributed by atoms with E-state index in [0.29, 0.717) is 0 Å². The average molecular weight is 259 g/mol. The molecular formula is C16H21NS. The van der Waals surface area contributed by atoms with Crippen molar-refractivity contribution in [2.75, 3.05) is 0 Å². The number of nitrogens with two attached hydrogens (primary N) is 1. The Morgan fingerprint density at radius 2 is 1.89 bits per heavy atom. The van der Waals surface area contributed by atoms with Gasteiger partial charge in [0.15, 0.2) is 0 Å². The Morgan fingerprint density at radius 3 is 2.50 bits per heavy atom. The van der Waals surface area contributed by atoms with Crippen LogP contribution in [0.2, 0.25) is 0 Å². The van der Waals surface area contributed by atoms with Gasteiger partial charge in [0, 0.05) is 10.9 Å². The lowest BCUT2D eigenvalue weighted by Crippen LogP contribution is -2.23. The number of benzene rings is 1. The van der Waals surface area contributed by atoms with Gasteiger partial charge in [0.1, 0.15) is 0 Å². The van der Waals surface area contributed by atoms with Gasteiger partial charge in [-0.2, -0.15) is 0 Å². The van der Waals surface area contributed by atoms with Crippen LogP contribution in [0.1, 0.15) is 28.0 Å². The first-order chi connectivity index (χ1) is 8.63. The SMILES string of the molecule is Cc1cc(C)cc(CC(N)CCc2cccs2)c1. The Morgan fingerprint density at radius 1 is 1.17 bits per heavy atom. The van der Waals surface area contributed by atoms with E-state index >= 15 is 0 Å². The van der Waals surface area contributed by atoms with Crippen LogP contribution in [0.15, 0.2) is 35.7 Å². The molecule has 1 heterocycles. The summed E-state index contributed by atoms with van der Waals surface area (Å²) in [5.41, 5.74) is 10.3. The third-order valence-corrected chi connectivity index (χ3v) is 4.06. The fourth-order valence-electron chi connectivity index (χ4n) is 2.37. The summed E-state index contributed by atoms with van der Waals surface area (Å²) >= 11 is 1.82. The topological polar surface area (TPSA) is 26.0 Å². The first kappa shape index (κ1) is 13.3. The largest absolute Gasteiger partial charge is 0.327 e. The van der Waals surface area contributed by atoms with E-state index in [0.717, 1.165) is 19.3 Å². The number of thiophene rings is 1. The lowest BCUT2D eigenvalue weighted by Gasteiger charge is -2.12. The van der Waals surface area contributed by atoms with Crippen molar-refractivity contribution in [2.45, 2.75) is 39.2 Å². The molecule has 2 heteroatoms. The monoisotopic (exact) mass is 259 g/mol. The van der Waals surface area contributed by atoms with Crippen molar-refractivity contribution in [2.24, 2.45) is 5.73 Å². The molecule has 0 fully saturated rings. The van der Waals surface area contributed by atoms with Crippen LogP contribution in [0.5, 0.6) is 0 Å². The van der Waals surface area contributed by atoms with Crippen molar-refractivity contribution >= 4 is 11.3 Å². The Kier molecular flexibility index (Phi) is 4.56. The van der Waals surface area contributed by atoms with Crippen molar-refractivity contribution in [3.63, 3.8) is 0 Å². The van der Waals surface area contributed by atoms with Crippen LogP contribution < -0.4 is 5.73 Å². The highest BCUT2D eigenvalue weighted by Gasteiger charge is 2.06. The molecule has 1 atom stereocenters. The van der Waals surface area contributed by atoms with Crippen LogP contribution >= 0.6 is 11.3 Å². The minimum atomic E-state index is 0.258. The van der Waals surface area contributed by atoms with Crippen LogP contribution in [0.4, 0.5) is 0 Å². The molecule has 2 aromatic rings. The lowest BCUT2D eigenvalue weighted by molar-refractivity contribution is 0.613. The van der Waals surface area contributed by atoms with Crippen LogP contribution in [0, 0.1) is 13.8 Å². The van der Waals surface area contributed by atoms with Gasteiger partial charge < -0.3 is 5.73 Å². The minimum Gasteiger partial charge on any atom is -0.327 e. The van der Waals surface area contributed by atoms with Gasteiger partial charge in [0.25, 0.3) is 0 Å². The van der Waals surface area contributed by atoms with E-state index in [1.165, 1.54) is 21.6 Å². The summed E-state index contributed by atoms with van der Waals surface area (Å²) in [5.74, 6) is 0. The van der Waals surface area contributed by atoms with Crippen molar-refractivity contribution in [3.05, 3.63) is 57.3 Å². The summed E-state index contributed by atoms with van der Waals surface area (Å²) in [4.78, 5) is 1.44. The molecule has 1 aromatic heterocycles. The molecule has 0 amide bonds. The second kappa shape index (κ2) is 6.17. The Bertz CT molecular complexity index is 468. The van der Waals surface area contributed by atoms with E-state index in [9.17, 15) is 0 Å². The van der Waals surface area contributed by atoms with Gasteiger partial charge in [0.05, 0.1) is 0 Å². The van der Waals surface area contributed by atoms with Crippen LogP contribution in [0.25, 0.3) is 0 Å². The Labute approximate surface area is 114 Å². The number of hydrogen-bond acceptors (Lipinski definition) is 2. The highest BCUT2D eigenvalue weighted by molar-refractivity contribution is 7.09. The summed E-state index contributed by atoms with van der Waals surface area (Å²) in [6.45, 7) is 4.29. The minimum absolute atomic E-state index is 0.258. The maximum Gasteiger partial charge on any atom is 0.00827 e. The van der Waals surface area contributed by atoms with Crippen molar-refractivity contribution in [3.8, 4) is 0 Å². The molecule has 96 valence electrons.